The summed E-state index contributed by atoms with van der Waals surface area (Å²) in [7, 11) is 0. The standard InChI is InChI=1S/C10H20N4/c1-4-6-14-7-12-13-10(14)9(11)8(3)5-2/h7-9H,4-6,11H2,1-3H3/t8?,9-/m0/s1. The highest BCUT2D eigenvalue weighted by molar-refractivity contribution is 4.95. The quantitative estimate of drug-likeness (QED) is 0.780. The lowest BCUT2D eigenvalue weighted by molar-refractivity contribution is 0.421. The summed E-state index contributed by atoms with van der Waals surface area (Å²) in [4.78, 5) is 0. The van der Waals surface area contributed by atoms with E-state index in [-0.39, 0.29) is 6.04 Å². The van der Waals surface area contributed by atoms with E-state index in [2.05, 4.69) is 35.5 Å². The van der Waals surface area contributed by atoms with Crippen molar-refractivity contribution in [1.82, 2.24) is 14.8 Å². The molecule has 4 nitrogen and oxygen atoms in total. The summed E-state index contributed by atoms with van der Waals surface area (Å²) < 4.78 is 2.05. The molecule has 0 fully saturated rings. The molecule has 1 heterocycles. The van der Waals surface area contributed by atoms with Gasteiger partial charge in [0.2, 0.25) is 0 Å². The Kier molecular flexibility index (Phi) is 4.07. The number of hydrogen-bond donors (Lipinski definition) is 1. The Balaban J connectivity index is 2.77. The van der Waals surface area contributed by atoms with Crippen LogP contribution in [0.2, 0.25) is 0 Å². The summed E-state index contributed by atoms with van der Waals surface area (Å²) in [5.74, 6) is 1.37. The monoisotopic (exact) mass is 196 g/mol. The largest absolute Gasteiger partial charge is 0.321 e. The highest BCUT2D eigenvalue weighted by atomic mass is 15.3. The van der Waals surface area contributed by atoms with Gasteiger partial charge in [-0.25, -0.2) is 0 Å². The molecule has 80 valence electrons. The highest BCUT2D eigenvalue weighted by Gasteiger charge is 2.18. The van der Waals surface area contributed by atoms with E-state index in [1.807, 2.05) is 0 Å². The van der Waals surface area contributed by atoms with E-state index < -0.39 is 0 Å². The first-order chi connectivity index (χ1) is 6.70. The summed E-state index contributed by atoms with van der Waals surface area (Å²) in [6.45, 7) is 7.38. The second-order valence-electron chi connectivity index (χ2n) is 3.79. The lowest BCUT2D eigenvalue weighted by atomic mass is 9.99. The zero-order valence-corrected chi connectivity index (χ0v) is 9.27. The van der Waals surface area contributed by atoms with Crippen LogP contribution in [-0.4, -0.2) is 14.8 Å². The second-order valence-corrected chi connectivity index (χ2v) is 3.79. The van der Waals surface area contributed by atoms with Crippen LogP contribution in [-0.2, 0) is 6.54 Å². The molecule has 1 rings (SSSR count). The Morgan fingerprint density at radius 2 is 2.21 bits per heavy atom. The molecule has 0 amide bonds. The van der Waals surface area contributed by atoms with Crippen molar-refractivity contribution >= 4 is 0 Å². The smallest absolute Gasteiger partial charge is 0.150 e. The average Bonchev–Trinajstić information content (AvgIpc) is 2.64. The number of nitrogens with two attached hydrogens (primary N) is 1. The van der Waals surface area contributed by atoms with Gasteiger partial charge in [0.1, 0.15) is 12.2 Å². The molecule has 0 aliphatic rings. The Hall–Kier alpha value is -0.900. The number of hydrogen-bond acceptors (Lipinski definition) is 3. The van der Waals surface area contributed by atoms with Gasteiger partial charge in [0.05, 0.1) is 6.04 Å². The first-order valence-corrected chi connectivity index (χ1v) is 5.33. The van der Waals surface area contributed by atoms with Crippen molar-refractivity contribution in [3.05, 3.63) is 12.2 Å². The molecule has 0 saturated carbocycles. The third kappa shape index (κ3) is 2.32. The number of nitrogens with zero attached hydrogens (tertiary/aromatic N) is 3. The molecule has 2 N–H and O–H groups in total. The summed E-state index contributed by atoms with van der Waals surface area (Å²) in [5, 5.41) is 8.00. The molecule has 0 aliphatic heterocycles. The van der Waals surface area contributed by atoms with Crippen LogP contribution < -0.4 is 5.73 Å². The van der Waals surface area contributed by atoms with E-state index >= 15 is 0 Å². The maximum absolute atomic E-state index is 6.10. The Morgan fingerprint density at radius 3 is 2.79 bits per heavy atom. The predicted octanol–water partition coefficient (Wildman–Crippen LogP) is 1.73. The van der Waals surface area contributed by atoms with E-state index in [0.29, 0.717) is 5.92 Å². The van der Waals surface area contributed by atoms with Gasteiger partial charge < -0.3 is 10.3 Å². The van der Waals surface area contributed by atoms with Gasteiger partial charge in [-0.15, -0.1) is 10.2 Å². The van der Waals surface area contributed by atoms with Crippen LogP contribution in [0.15, 0.2) is 6.33 Å². The van der Waals surface area contributed by atoms with Crippen LogP contribution in [0.1, 0.15) is 45.5 Å². The van der Waals surface area contributed by atoms with Gasteiger partial charge in [0.25, 0.3) is 0 Å². The second kappa shape index (κ2) is 5.10. The minimum absolute atomic E-state index is 0.00838. The third-order valence-electron chi connectivity index (χ3n) is 2.67. The van der Waals surface area contributed by atoms with E-state index in [0.717, 1.165) is 25.2 Å². The van der Waals surface area contributed by atoms with Crippen LogP contribution in [0.5, 0.6) is 0 Å². The third-order valence-corrected chi connectivity index (χ3v) is 2.67. The van der Waals surface area contributed by atoms with Gasteiger partial charge in [-0.1, -0.05) is 27.2 Å². The molecule has 1 aromatic rings. The molecular weight excluding hydrogens is 176 g/mol. The molecule has 0 aromatic carbocycles. The zero-order chi connectivity index (χ0) is 10.6. The molecule has 1 aromatic heterocycles. The molecule has 0 bridgehead atoms. The minimum atomic E-state index is 0.00838. The van der Waals surface area contributed by atoms with Gasteiger partial charge in [0, 0.05) is 6.54 Å². The van der Waals surface area contributed by atoms with Gasteiger partial charge in [0.15, 0.2) is 0 Å². The molecule has 0 saturated heterocycles. The zero-order valence-electron chi connectivity index (χ0n) is 9.27. The topological polar surface area (TPSA) is 56.7 Å². The van der Waals surface area contributed by atoms with Crippen molar-refractivity contribution in [2.75, 3.05) is 0 Å². The molecule has 0 radical (unpaired) electrons. The van der Waals surface area contributed by atoms with Gasteiger partial charge in [-0.05, 0) is 12.3 Å². The molecule has 14 heavy (non-hydrogen) atoms. The fourth-order valence-electron chi connectivity index (χ4n) is 1.44. The Morgan fingerprint density at radius 1 is 1.50 bits per heavy atom. The van der Waals surface area contributed by atoms with Crippen LogP contribution in [0, 0.1) is 5.92 Å². The summed E-state index contributed by atoms with van der Waals surface area (Å²) >= 11 is 0. The fourth-order valence-corrected chi connectivity index (χ4v) is 1.44. The summed E-state index contributed by atoms with van der Waals surface area (Å²) in [6, 6.07) is 0.00838. The van der Waals surface area contributed by atoms with Crippen LogP contribution in [0.4, 0.5) is 0 Å². The van der Waals surface area contributed by atoms with E-state index in [1.165, 1.54) is 0 Å². The van der Waals surface area contributed by atoms with E-state index in [1.54, 1.807) is 6.33 Å². The van der Waals surface area contributed by atoms with E-state index in [9.17, 15) is 0 Å². The average molecular weight is 196 g/mol. The summed E-state index contributed by atoms with van der Waals surface area (Å²) in [6.07, 6.45) is 3.92. The summed E-state index contributed by atoms with van der Waals surface area (Å²) in [5.41, 5.74) is 6.10. The van der Waals surface area contributed by atoms with Gasteiger partial charge in [-0.3, -0.25) is 0 Å². The first kappa shape index (κ1) is 11.2. The minimum Gasteiger partial charge on any atom is -0.321 e. The van der Waals surface area contributed by atoms with Crippen molar-refractivity contribution in [1.29, 1.82) is 0 Å². The Labute approximate surface area is 85.5 Å². The molecule has 0 aliphatic carbocycles. The van der Waals surface area contributed by atoms with Gasteiger partial charge >= 0.3 is 0 Å². The van der Waals surface area contributed by atoms with Crippen molar-refractivity contribution in [3.8, 4) is 0 Å². The van der Waals surface area contributed by atoms with Crippen LogP contribution >= 0.6 is 0 Å². The SMILES string of the molecule is CCCn1cnnc1[C@@H](N)C(C)CC. The lowest BCUT2D eigenvalue weighted by Crippen LogP contribution is -2.23. The first-order valence-electron chi connectivity index (χ1n) is 5.33. The van der Waals surface area contributed by atoms with Crippen LogP contribution in [0.3, 0.4) is 0 Å². The lowest BCUT2D eigenvalue weighted by Gasteiger charge is -2.18. The fraction of sp³-hybridized carbons (Fsp3) is 0.800. The molecule has 2 atom stereocenters. The normalized spacial score (nSPS) is 15.4. The van der Waals surface area contributed by atoms with Crippen molar-refractivity contribution in [2.24, 2.45) is 11.7 Å². The van der Waals surface area contributed by atoms with Crippen LogP contribution in [0.25, 0.3) is 0 Å². The highest BCUT2D eigenvalue weighted by Crippen LogP contribution is 2.19. The van der Waals surface area contributed by atoms with Crippen molar-refractivity contribution < 1.29 is 0 Å². The van der Waals surface area contributed by atoms with Crippen molar-refractivity contribution in [2.45, 2.75) is 46.2 Å². The van der Waals surface area contributed by atoms with E-state index in [4.69, 9.17) is 5.73 Å². The molecule has 0 spiro atoms. The maximum atomic E-state index is 6.10. The molecule has 1 unspecified atom stereocenters. The maximum Gasteiger partial charge on any atom is 0.150 e. The number of aromatic nitrogens is 3. The molecule has 4 heteroatoms. The number of aryl methyl sites for hydroxylation is 1. The Bertz CT molecular complexity index is 269. The predicted molar refractivity (Wildman–Crippen MR) is 56.7 cm³/mol. The van der Waals surface area contributed by atoms with Gasteiger partial charge in [-0.2, -0.15) is 0 Å². The number of rotatable bonds is 5. The molecular formula is C10H20N4. The van der Waals surface area contributed by atoms with Crippen molar-refractivity contribution in [3.63, 3.8) is 0 Å².